The summed E-state index contributed by atoms with van der Waals surface area (Å²) in [6.45, 7) is 0.660. The molecule has 2 aliphatic rings. The van der Waals surface area contributed by atoms with Gasteiger partial charge < -0.3 is 19.5 Å². The van der Waals surface area contributed by atoms with E-state index in [1.54, 1.807) is 12.1 Å². The number of sulfonamides is 1. The second-order valence-corrected chi connectivity index (χ2v) is 7.78. The Balaban J connectivity index is 1.65. The summed E-state index contributed by atoms with van der Waals surface area (Å²) in [7, 11) is -1.96. The van der Waals surface area contributed by atoms with E-state index in [1.807, 2.05) is 6.07 Å². The lowest BCUT2D eigenvalue weighted by atomic mass is 10.1. The summed E-state index contributed by atoms with van der Waals surface area (Å²) >= 11 is 0. The largest absolute Gasteiger partial charge is 0.454 e. The molecule has 24 heavy (non-hydrogen) atoms. The van der Waals surface area contributed by atoms with Crippen LogP contribution in [0.1, 0.15) is 12.0 Å². The average molecular weight is 356 g/mol. The number of carbonyl (C=O) groups excluding carboxylic acids is 1. The maximum absolute atomic E-state index is 12.4. The van der Waals surface area contributed by atoms with Crippen LogP contribution in [0.5, 0.6) is 11.5 Å². The molecule has 2 atom stereocenters. The second-order valence-electron chi connectivity index (χ2n) is 5.85. The number of carbonyl (C=O) groups is 1. The van der Waals surface area contributed by atoms with E-state index in [9.17, 15) is 13.2 Å². The predicted molar refractivity (Wildman–Crippen MR) is 85.2 cm³/mol. The molecular formula is C15H20N2O6S. The molecule has 0 saturated carbocycles. The molecule has 0 spiro atoms. The number of methoxy groups -OCH3 is 1. The fourth-order valence-corrected chi connectivity index (χ4v) is 3.98. The van der Waals surface area contributed by atoms with Gasteiger partial charge in [0.2, 0.25) is 22.7 Å². The van der Waals surface area contributed by atoms with Crippen LogP contribution in [-0.2, 0) is 26.1 Å². The number of benzene rings is 1. The molecule has 0 bridgehead atoms. The summed E-state index contributed by atoms with van der Waals surface area (Å²) in [6, 6.07) is 4.65. The van der Waals surface area contributed by atoms with Gasteiger partial charge in [0.05, 0.1) is 12.4 Å². The second kappa shape index (κ2) is 6.58. The van der Waals surface area contributed by atoms with Crippen LogP contribution in [0.3, 0.4) is 0 Å². The number of rotatable bonds is 5. The summed E-state index contributed by atoms with van der Waals surface area (Å²) < 4.78 is 40.7. The zero-order chi connectivity index (χ0) is 17.3. The van der Waals surface area contributed by atoms with E-state index in [0.717, 1.165) is 11.8 Å². The topological polar surface area (TPSA) is 94.2 Å². The maximum Gasteiger partial charge on any atom is 0.238 e. The Hall–Kier alpha value is -1.84. The molecule has 1 N–H and O–H groups in total. The first-order valence-electron chi connectivity index (χ1n) is 7.54. The Bertz CT molecular complexity index is 735. The highest BCUT2D eigenvalue weighted by Gasteiger charge is 2.41. The highest BCUT2D eigenvalue weighted by atomic mass is 32.2. The van der Waals surface area contributed by atoms with Gasteiger partial charge in [0.1, 0.15) is 6.04 Å². The maximum atomic E-state index is 12.4. The molecular weight excluding hydrogens is 336 g/mol. The normalized spacial score (nSPS) is 23.4. The van der Waals surface area contributed by atoms with E-state index in [1.165, 1.54) is 11.4 Å². The van der Waals surface area contributed by atoms with Crippen molar-refractivity contribution >= 4 is 15.9 Å². The minimum Gasteiger partial charge on any atom is -0.454 e. The molecule has 0 radical (unpaired) electrons. The first kappa shape index (κ1) is 17.0. The quantitative estimate of drug-likeness (QED) is 0.803. The van der Waals surface area contributed by atoms with Crippen LogP contribution >= 0.6 is 0 Å². The van der Waals surface area contributed by atoms with Crippen LogP contribution < -0.4 is 14.8 Å². The SMILES string of the molecule is CO[C@H]1C[C@H](C(=O)NCc2ccc3c(c2)OCO3)N(S(C)(=O)=O)C1. The molecule has 1 aromatic carbocycles. The van der Waals surface area contributed by atoms with E-state index in [4.69, 9.17) is 14.2 Å². The summed E-state index contributed by atoms with van der Waals surface area (Å²) in [5.41, 5.74) is 0.847. The smallest absolute Gasteiger partial charge is 0.238 e. The Kier molecular flexibility index (Phi) is 4.66. The van der Waals surface area contributed by atoms with Gasteiger partial charge in [0.25, 0.3) is 0 Å². The van der Waals surface area contributed by atoms with Crippen molar-refractivity contribution in [2.75, 3.05) is 26.7 Å². The van der Waals surface area contributed by atoms with Gasteiger partial charge in [0.15, 0.2) is 11.5 Å². The van der Waals surface area contributed by atoms with Crippen molar-refractivity contribution in [3.05, 3.63) is 23.8 Å². The van der Waals surface area contributed by atoms with Crippen molar-refractivity contribution in [1.82, 2.24) is 9.62 Å². The number of nitrogens with one attached hydrogen (secondary N) is 1. The molecule has 132 valence electrons. The Morgan fingerprint density at radius 2 is 2.12 bits per heavy atom. The van der Waals surface area contributed by atoms with Gasteiger partial charge in [-0.15, -0.1) is 0 Å². The van der Waals surface area contributed by atoms with E-state index in [-0.39, 0.29) is 31.9 Å². The molecule has 1 amide bonds. The number of hydrogen-bond acceptors (Lipinski definition) is 6. The molecule has 2 heterocycles. The van der Waals surface area contributed by atoms with Crippen LogP contribution in [0.25, 0.3) is 0 Å². The lowest BCUT2D eigenvalue weighted by molar-refractivity contribution is -0.124. The first-order chi connectivity index (χ1) is 11.4. The summed E-state index contributed by atoms with van der Waals surface area (Å²) in [4.78, 5) is 12.4. The molecule has 1 saturated heterocycles. The van der Waals surface area contributed by atoms with Crippen LogP contribution in [0.2, 0.25) is 0 Å². The van der Waals surface area contributed by atoms with E-state index < -0.39 is 16.1 Å². The zero-order valence-electron chi connectivity index (χ0n) is 13.5. The minimum absolute atomic E-state index is 0.189. The molecule has 8 nitrogen and oxygen atoms in total. The minimum atomic E-state index is -3.47. The molecule has 1 aromatic rings. The monoisotopic (exact) mass is 356 g/mol. The fourth-order valence-electron chi connectivity index (χ4n) is 2.90. The molecule has 3 rings (SSSR count). The third-order valence-corrected chi connectivity index (χ3v) is 5.44. The fraction of sp³-hybridized carbons (Fsp3) is 0.533. The lowest BCUT2D eigenvalue weighted by Gasteiger charge is -2.21. The Labute approximate surface area is 140 Å². The highest BCUT2D eigenvalue weighted by Crippen LogP contribution is 2.32. The van der Waals surface area contributed by atoms with Gasteiger partial charge in [0, 0.05) is 26.6 Å². The summed E-state index contributed by atoms with van der Waals surface area (Å²) in [5, 5.41) is 2.78. The number of amides is 1. The van der Waals surface area contributed by atoms with Gasteiger partial charge in [-0.05, 0) is 17.7 Å². The zero-order valence-corrected chi connectivity index (χ0v) is 14.3. The molecule has 9 heteroatoms. The molecule has 0 aromatic heterocycles. The van der Waals surface area contributed by atoms with Crippen molar-refractivity contribution in [2.24, 2.45) is 0 Å². The van der Waals surface area contributed by atoms with Gasteiger partial charge in [-0.3, -0.25) is 4.79 Å². The van der Waals surface area contributed by atoms with Crippen LogP contribution in [0.15, 0.2) is 18.2 Å². The van der Waals surface area contributed by atoms with Crippen molar-refractivity contribution in [1.29, 1.82) is 0 Å². The molecule has 0 aliphatic carbocycles. The predicted octanol–water partition coefficient (Wildman–Crippen LogP) is 0.0804. The number of ether oxygens (including phenoxy) is 3. The van der Waals surface area contributed by atoms with E-state index in [2.05, 4.69) is 5.32 Å². The van der Waals surface area contributed by atoms with Crippen LogP contribution in [-0.4, -0.2) is 57.5 Å². The highest BCUT2D eigenvalue weighted by molar-refractivity contribution is 7.88. The number of fused-ring (bicyclic) bond motifs is 1. The number of nitrogens with zero attached hydrogens (tertiary/aromatic N) is 1. The summed E-state index contributed by atoms with van der Waals surface area (Å²) in [5.74, 6) is 0.976. The van der Waals surface area contributed by atoms with Crippen molar-refractivity contribution in [2.45, 2.75) is 25.1 Å². The van der Waals surface area contributed by atoms with Gasteiger partial charge in [-0.1, -0.05) is 6.07 Å². The van der Waals surface area contributed by atoms with Crippen LogP contribution in [0.4, 0.5) is 0 Å². The van der Waals surface area contributed by atoms with Gasteiger partial charge in [-0.2, -0.15) is 4.31 Å². The van der Waals surface area contributed by atoms with Crippen molar-refractivity contribution < 1.29 is 27.4 Å². The van der Waals surface area contributed by atoms with Crippen molar-refractivity contribution in [3.63, 3.8) is 0 Å². The van der Waals surface area contributed by atoms with Gasteiger partial charge in [-0.25, -0.2) is 8.42 Å². The summed E-state index contributed by atoms with van der Waals surface area (Å²) in [6.07, 6.45) is 1.17. The standard InChI is InChI=1S/C15H20N2O6S/c1-21-11-6-12(17(8-11)24(2,19)20)15(18)16-7-10-3-4-13-14(5-10)23-9-22-13/h3-5,11-12H,6-9H2,1-2H3,(H,16,18)/t11-,12+/m0/s1. The molecule has 1 fully saturated rings. The third kappa shape index (κ3) is 3.47. The number of hydrogen-bond donors (Lipinski definition) is 1. The van der Waals surface area contributed by atoms with E-state index >= 15 is 0 Å². The van der Waals surface area contributed by atoms with Crippen molar-refractivity contribution in [3.8, 4) is 11.5 Å². The van der Waals surface area contributed by atoms with Gasteiger partial charge >= 0.3 is 0 Å². The Morgan fingerprint density at radius 3 is 2.83 bits per heavy atom. The third-order valence-electron chi connectivity index (χ3n) is 4.18. The average Bonchev–Trinajstić information content (AvgIpc) is 3.17. The van der Waals surface area contributed by atoms with E-state index in [0.29, 0.717) is 17.9 Å². The van der Waals surface area contributed by atoms with Crippen LogP contribution in [0, 0.1) is 0 Å². The molecule has 2 aliphatic heterocycles. The Morgan fingerprint density at radius 1 is 1.38 bits per heavy atom. The molecule has 0 unspecified atom stereocenters. The lowest BCUT2D eigenvalue weighted by Crippen LogP contribution is -2.45. The first-order valence-corrected chi connectivity index (χ1v) is 9.39.